The maximum absolute atomic E-state index is 9.49. The van der Waals surface area contributed by atoms with Crippen molar-refractivity contribution in [1.82, 2.24) is 15.2 Å². The van der Waals surface area contributed by atoms with Crippen LogP contribution in [-0.2, 0) is 6.61 Å². The summed E-state index contributed by atoms with van der Waals surface area (Å²) in [6.45, 7) is 0.441. The maximum Gasteiger partial charge on any atom is 0.138 e. The lowest BCUT2D eigenvalue weighted by Crippen LogP contribution is -1.97. The first-order valence-electron chi connectivity index (χ1n) is 9.78. The highest BCUT2D eigenvalue weighted by molar-refractivity contribution is 5.73. The van der Waals surface area contributed by atoms with Crippen LogP contribution < -0.4 is 10.5 Å². The topological polar surface area (TPSA) is 97.0 Å². The van der Waals surface area contributed by atoms with Gasteiger partial charge >= 0.3 is 0 Å². The van der Waals surface area contributed by atoms with Gasteiger partial charge in [0.05, 0.1) is 22.8 Å². The molecule has 4 N–H and O–H groups in total. The van der Waals surface area contributed by atoms with Crippen molar-refractivity contribution in [1.29, 1.82) is 0 Å². The first-order chi connectivity index (χ1) is 15.2. The van der Waals surface area contributed by atoms with Crippen molar-refractivity contribution in [3.63, 3.8) is 0 Å². The summed E-state index contributed by atoms with van der Waals surface area (Å²) in [5, 5.41) is 16.8. The number of anilines is 1. The second kappa shape index (κ2) is 9.45. The molecule has 154 valence electrons. The molecular weight excluding hydrogens is 388 g/mol. The Morgan fingerprint density at radius 2 is 1.71 bits per heavy atom. The largest absolute Gasteiger partial charge is 0.506 e. The minimum Gasteiger partial charge on any atom is -0.506 e. The number of rotatable bonds is 7. The molecule has 0 spiro atoms. The third-order valence-corrected chi connectivity index (χ3v) is 4.56. The molecule has 2 heterocycles. The van der Waals surface area contributed by atoms with E-state index in [1.165, 1.54) is 0 Å². The van der Waals surface area contributed by atoms with Crippen LogP contribution in [0.25, 0.3) is 24.3 Å². The summed E-state index contributed by atoms with van der Waals surface area (Å²) in [7, 11) is 0. The number of ether oxygens (including phenoxy) is 1. The van der Waals surface area contributed by atoms with Crippen LogP contribution >= 0.6 is 0 Å². The SMILES string of the molecule is Nc1cc(/C=C/c2cc(/C=C/c3ccc(OCc4ccccn4)cc3)n[nH]2)ccc1O. The second-order valence-corrected chi connectivity index (χ2v) is 6.91. The fourth-order valence-corrected chi connectivity index (χ4v) is 2.88. The first kappa shape index (κ1) is 20.0. The number of aromatic amines is 1. The molecule has 4 aromatic rings. The number of nitrogens with zero attached hydrogens (tertiary/aromatic N) is 2. The number of nitrogens with one attached hydrogen (secondary N) is 1. The number of nitrogens with two attached hydrogens (primary N) is 1. The van der Waals surface area contributed by atoms with Crippen molar-refractivity contribution in [2.24, 2.45) is 0 Å². The number of phenols is 1. The predicted octanol–water partition coefficient (Wildman–Crippen LogP) is 5.01. The average molecular weight is 410 g/mol. The molecule has 31 heavy (non-hydrogen) atoms. The normalized spacial score (nSPS) is 11.4. The number of hydrogen-bond acceptors (Lipinski definition) is 5. The van der Waals surface area contributed by atoms with Gasteiger partial charge in [-0.3, -0.25) is 10.1 Å². The molecule has 4 rings (SSSR count). The molecule has 2 aromatic heterocycles. The Hall–Kier alpha value is -4.32. The van der Waals surface area contributed by atoms with Crippen molar-refractivity contribution in [3.05, 3.63) is 101 Å². The van der Waals surface area contributed by atoms with Gasteiger partial charge in [-0.1, -0.05) is 36.4 Å². The molecule has 0 saturated carbocycles. The summed E-state index contributed by atoms with van der Waals surface area (Å²) in [5.41, 5.74) is 10.6. The number of phenolic OH excluding ortho intramolecular Hbond substituents is 1. The molecular formula is C25H22N4O2. The molecule has 0 unspecified atom stereocenters. The molecule has 2 aromatic carbocycles. The lowest BCUT2D eigenvalue weighted by Gasteiger charge is -2.05. The highest BCUT2D eigenvalue weighted by Crippen LogP contribution is 2.21. The monoisotopic (exact) mass is 410 g/mol. The molecule has 0 aliphatic carbocycles. The van der Waals surface area contributed by atoms with Crippen LogP contribution in [-0.4, -0.2) is 20.3 Å². The van der Waals surface area contributed by atoms with Crippen molar-refractivity contribution in [2.75, 3.05) is 5.73 Å². The Bertz CT molecular complexity index is 1200. The smallest absolute Gasteiger partial charge is 0.138 e. The van der Waals surface area contributed by atoms with E-state index in [-0.39, 0.29) is 5.75 Å². The lowest BCUT2D eigenvalue weighted by atomic mass is 10.1. The number of aromatic hydroxyl groups is 1. The van der Waals surface area contributed by atoms with Crippen molar-refractivity contribution in [3.8, 4) is 11.5 Å². The van der Waals surface area contributed by atoms with E-state index < -0.39 is 0 Å². The van der Waals surface area contributed by atoms with Gasteiger partial charge in [0.15, 0.2) is 0 Å². The number of H-pyrrole nitrogens is 1. The van der Waals surface area contributed by atoms with E-state index in [0.29, 0.717) is 12.3 Å². The van der Waals surface area contributed by atoms with E-state index in [1.54, 1.807) is 24.4 Å². The molecule has 0 aliphatic rings. The zero-order valence-corrected chi connectivity index (χ0v) is 16.8. The Morgan fingerprint density at radius 3 is 2.48 bits per heavy atom. The Kier molecular flexibility index (Phi) is 6.09. The van der Waals surface area contributed by atoms with Gasteiger partial charge in [0.1, 0.15) is 18.1 Å². The maximum atomic E-state index is 9.49. The molecule has 0 saturated heterocycles. The van der Waals surface area contributed by atoms with Gasteiger partial charge in [-0.15, -0.1) is 0 Å². The Balaban J connectivity index is 1.34. The predicted molar refractivity (Wildman–Crippen MR) is 124 cm³/mol. The number of benzene rings is 2. The van der Waals surface area contributed by atoms with Crippen molar-refractivity contribution >= 4 is 30.0 Å². The van der Waals surface area contributed by atoms with Crippen LogP contribution in [0.15, 0.2) is 72.9 Å². The zero-order chi connectivity index (χ0) is 21.5. The quantitative estimate of drug-likeness (QED) is 0.294. The van der Waals surface area contributed by atoms with Gasteiger partial charge in [-0.25, -0.2) is 0 Å². The Morgan fingerprint density at radius 1 is 0.903 bits per heavy atom. The van der Waals surface area contributed by atoms with Crippen LogP contribution in [0.1, 0.15) is 28.2 Å². The van der Waals surface area contributed by atoms with Gasteiger partial charge in [-0.05, 0) is 65.7 Å². The standard InChI is InChI=1S/C25H22N4O2/c26-24-15-19(8-13-25(24)30)5-10-21-16-20(28-29-21)9-4-18-6-11-23(12-7-18)31-17-22-3-1-2-14-27-22/h1-16,30H,17,26H2,(H,28,29)/b9-4+,10-5+. The third kappa shape index (κ3) is 5.61. The van der Waals surface area contributed by atoms with Gasteiger partial charge in [0.25, 0.3) is 0 Å². The van der Waals surface area contributed by atoms with Crippen LogP contribution in [0.2, 0.25) is 0 Å². The summed E-state index contributed by atoms with van der Waals surface area (Å²) in [4.78, 5) is 4.25. The molecule has 0 aliphatic heterocycles. The van der Waals surface area contributed by atoms with Crippen LogP contribution in [0, 0.1) is 0 Å². The molecule has 0 fully saturated rings. The average Bonchev–Trinajstić information content (AvgIpc) is 3.26. The highest BCUT2D eigenvalue weighted by atomic mass is 16.5. The first-order valence-corrected chi connectivity index (χ1v) is 9.78. The summed E-state index contributed by atoms with van der Waals surface area (Å²) in [6, 6.07) is 20.6. The number of aromatic nitrogens is 3. The van der Waals surface area contributed by atoms with Crippen LogP contribution in [0.3, 0.4) is 0 Å². The number of pyridine rings is 1. The van der Waals surface area contributed by atoms with E-state index in [1.807, 2.05) is 72.8 Å². The van der Waals surface area contributed by atoms with Gasteiger partial charge < -0.3 is 15.6 Å². The van der Waals surface area contributed by atoms with E-state index in [4.69, 9.17) is 10.5 Å². The third-order valence-electron chi connectivity index (χ3n) is 4.56. The van der Waals surface area contributed by atoms with Crippen molar-refractivity contribution in [2.45, 2.75) is 6.61 Å². The van der Waals surface area contributed by atoms with Crippen molar-refractivity contribution < 1.29 is 9.84 Å². The second-order valence-electron chi connectivity index (χ2n) is 6.91. The Labute approximate surface area is 180 Å². The summed E-state index contributed by atoms with van der Waals surface area (Å²) >= 11 is 0. The summed E-state index contributed by atoms with van der Waals surface area (Å²) < 4.78 is 5.76. The van der Waals surface area contributed by atoms with E-state index in [9.17, 15) is 5.11 Å². The van der Waals surface area contributed by atoms with Gasteiger partial charge in [0.2, 0.25) is 0 Å². The summed E-state index contributed by atoms with van der Waals surface area (Å²) in [5.74, 6) is 0.878. The molecule has 0 bridgehead atoms. The molecule has 0 radical (unpaired) electrons. The number of hydrogen-bond donors (Lipinski definition) is 3. The molecule has 6 nitrogen and oxygen atoms in total. The van der Waals surface area contributed by atoms with E-state index in [0.717, 1.165) is 34.0 Å². The molecule has 0 atom stereocenters. The number of nitrogen functional groups attached to an aromatic ring is 1. The van der Waals surface area contributed by atoms with E-state index >= 15 is 0 Å². The minimum atomic E-state index is 0.0823. The van der Waals surface area contributed by atoms with Gasteiger partial charge in [-0.2, -0.15) is 5.10 Å². The minimum absolute atomic E-state index is 0.0823. The zero-order valence-electron chi connectivity index (χ0n) is 16.8. The van der Waals surface area contributed by atoms with Gasteiger partial charge in [0, 0.05) is 6.20 Å². The molecule has 6 heteroatoms. The van der Waals surface area contributed by atoms with Crippen LogP contribution in [0.4, 0.5) is 5.69 Å². The lowest BCUT2D eigenvalue weighted by molar-refractivity contribution is 0.301. The molecule has 0 amide bonds. The summed E-state index contributed by atoms with van der Waals surface area (Å²) in [6.07, 6.45) is 9.50. The fourth-order valence-electron chi connectivity index (χ4n) is 2.88. The highest BCUT2D eigenvalue weighted by Gasteiger charge is 1.99. The van der Waals surface area contributed by atoms with Crippen LogP contribution in [0.5, 0.6) is 11.5 Å². The van der Waals surface area contributed by atoms with E-state index in [2.05, 4.69) is 15.2 Å². The fraction of sp³-hybridized carbons (Fsp3) is 0.0400.